The SMILES string of the molecule is c1ccc(CNc2nc(NCc3ccccc3)c3ccccc3n2)cc1.c1ccc(CNc2nc(NCc3ccccc3)c3ccccc3n2)cc1. The van der Waals surface area contributed by atoms with Gasteiger partial charge in [0.2, 0.25) is 11.9 Å². The number of nitrogens with one attached hydrogen (secondary N) is 4. The molecular formula is C44H40N8. The third-order valence-corrected chi connectivity index (χ3v) is 8.40. The lowest BCUT2D eigenvalue weighted by Crippen LogP contribution is -2.08. The van der Waals surface area contributed by atoms with Gasteiger partial charge < -0.3 is 21.3 Å². The third-order valence-electron chi connectivity index (χ3n) is 8.40. The smallest absolute Gasteiger partial charge is 0.225 e. The van der Waals surface area contributed by atoms with E-state index in [0.29, 0.717) is 25.0 Å². The fraction of sp³-hybridized carbons (Fsp3) is 0.0909. The number of para-hydroxylation sites is 2. The van der Waals surface area contributed by atoms with Gasteiger partial charge in [-0.15, -0.1) is 0 Å². The molecule has 8 rings (SSSR count). The van der Waals surface area contributed by atoms with Crippen molar-refractivity contribution >= 4 is 45.3 Å². The zero-order valence-corrected chi connectivity index (χ0v) is 28.8. The van der Waals surface area contributed by atoms with Crippen LogP contribution in [0.25, 0.3) is 21.8 Å². The standard InChI is InChI=1S/2C22H20N4/c2*1-3-9-17(10-4-1)15-23-21-19-13-7-8-14-20(19)25-22(26-21)24-16-18-11-5-2-6-12-18/h2*1-14H,15-16H2,(H2,23,24,25,26). The van der Waals surface area contributed by atoms with E-state index in [0.717, 1.165) is 46.5 Å². The number of hydrogen-bond acceptors (Lipinski definition) is 8. The van der Waals surface area contributed by atoms with Crippen LogP contribution in [0.15, 0.2) is 170 Å². The molecule has 0 amide bonds. The Bertz CT molecular complexity index is 2140. The molecule has 0 aliphatic carbocycles. The second kappa shape index (κ2) is 17.2. The van der Waals surface area contributed by atoms with E-state index in [9.17, 15) is 0 Å². The molecule has 4 N–H and O–H groups in total. The van der Waals surface area contributed by atoms with Gasteiger partial charge in [0, 0.05) is 37.0 Å². The number of nitrogens with zero attached hydrogens (tertiary/aromatic N) is 4. The lowest BCUT2D eigenvalue weighted by molar-refractivity contribution is 1.05. The highest BCUT2D eigenvalue weighted by Crippen LogP contribution is 2.24. The average Bonchev–Trinajstić information content (AvgIpc) is 3.22. The molecule has 52 heavy (non-hydrogen) atoms. The summed E-state index contributed by atoms with van der Waals surface area (Å²) < 4.78 is 0. The van der Waals surface area contributed by atoms with Crippen LogP contribution in [0.5, 0.6) is 0 Å². The summed E-state index contributed by atoms with van der Waals surface area (Å²) in [4.78, 5) is 18.7. The van der Waals surface area contributed by atoms with Crippen molar-refractivity contribution in [1.82, 2.24) is 19.9 Å². The van der Waals surface area contributed by atoms with Gasteiger partial charge in [0.15, 0.2) is 0 Å². The van der Waals surface area contributed by atoms with Crippen LogP contribution in [0.3, 0.4) is 0 Å². The fourth-order valence-electron chi connectivity index (χ4n) is 5.70. The van der Waals surface area contributed by atoms with Gasteiger partial charge in [0.05, 0.1) is 11.0 Å². The Hall–Kier alpha value is -6.80. The summed E-state index contributed by atoms with van der Waals surface area (Å²) >= 11 is 0. The summed E-state index contributed by atoms with van der Waals surface area (Å²) in [6.07, 6.45) is 0. The van der Waals surface area contributed by atoms with Crippen LogP contribution in [0, 0.1) is 0 Å². The van der Waals surface area contributed by atoms with Crippen molar-refractivity contribution in [2.75, 3.05) is 21.3 Å². The third kappa shape index (κ3) is 9.25. The average molecular weight is 681 g/mol. The zero-order chi connectivity index (χ0) is 35.2. The van der Waals surface area contributed by atoms with Gasteiger partial charge in [-0.3, -0.25) is 0 Å². The van der Waals surface area contributed by atoms with Crippen LogP contribution in [0.4, 0.5) is 23.5 Å². The molecule has 0 atom stereocenters. The summed E-state index contributed by atoms with van der Waals surface area (Å²) in [5.74, 6) is 2.94. The highest BCUT2D eigenvalue weighted by atomic mass is 15.1. The molecule has 0 aliphatic heterocycles. The van der Waals surface area contributed by atoms with E-state index < -0.39 is 0 Å². The summed E-state index contributed by atoms with van der Waals surface area (Å²) in [7, 11) is 0. The zero-order valence-electron chi connectivity index (χ0n) is 28.8. The predicted molar refractivity (Wildman–Crippen MR) is 214 cm³/mol. The molecule has 8 aromatic rings. The molecule has 256 valence electrons. The van der Waals surface area contributed by atoms with E-state index in [4.69, 9.17) is 9.97 Å². The Morgan fingerprint density at radius 1 is 0.288 bits per heavy atom. The number of hydrogen-bond donors (Lipinski definition) is 4. The van der Waals surface area contributed by atoms with Crippen molar-refractivity contribution in [2.24, 2.45) is 0 Å². The molecule has 0 aliphatic rings. The Kier molecular flexibility index (Phi) is 11.2. The molecule has 0 unspecified atom stereocenters. The largest absolute Gasteiger partial charge is 0.365 e. The minimum atomic E-state index is 0.628. The molecular weight excluding hydrogens is 641 g/mol. The molecule has 2 aromatic heterocycles. The van der Waals surface area contributed by atoms with Crippen molar-refractivity contribution in [3.05, 3.63) is 192 Å². The first-order chi connectivity index (χ1) is 25.8. The number of aromatic nitrogens is 4. The van der Waals surface area contributed by atoms with Gasteiger partial charge in [-0.2, -0.15) is 9.97 Å². The summed E-state index contributed by atoms with van der Waals surface area (Å²) in [5.41, 5.74) is 6.68. The van der Waals surface area contributed by atoms with E-state index in [1.165, 1.54) is 22.3 Å². The molecule has 0 saturated heterocycles. The maximum atomic E-state index is 4.70. The van der Waals surface area contributed by atoms with Crippen molar-refractivity contribution in [3.8, 4) is 0 Å². The van der Waals surface area contributed by atoms with Crippen molar-refractivity contribution in [2.45, 2.75) is 26.2 Å². The van der Waals surface area contributed by atoms with Gasteiger partial charge in [0.25, 0.3) is 0 Å². The van der Waals surface area contributed by atoms with Crippen molar-refractivity contribution in [3.63, 3.8) is 0 Å². The van der Waals surface area contributed by atoms with E-state index in [2.05, 4.69) is 79.8 Å². The Balaban J connectivity index is 0.000000162. The Labute approximate surface area is 304 Å². The van der Waals surface area contributed by atoms with Crippen LogP contribution < -0.4 is 21.3 Å². The van der Waals surface area contributed by atoms with Gasteiger partial charge in [-0.1, -0.05) is 146 Å². The Morgan fingerprint density at radius 2 is 0.577 bits per heavy atom. The minimum absolute atomic E-state index is 0.628. The molecule has 2 heterocycles. The fourth-order valence-corrected chi connectivity index (χ4v) is 5.70. The Morgan fingerprint density at radius 3 is 0.923 bits per heavy atom. The second-order valence-corrected chi connectivity index (χ2v) is 12.2. The summed E-state index contributed by atoms with van der Waals surface area (Å²) in [5, 5.41) is 15.6. The van der Waals surface area contributed by atoms with E-state index in [1.54, 1.807) is 0 Å². The van der Waals surface area contributed by atoms with Crippen LogP contribution >= 0.6 is 0 Å². The molecule has 6 aromatic carbocycles. The molecule has 0 saturated carbocycles. The molecule has 8 heteroatoms. The van der Waals surface area contributed by atoms with Crippen molar-refractivity contribution < 1.29 is 0 Å². The van der Waals surface area contributed by atoms with E-state index >= 15 is 0 Å². The highest BCUT2D eigenvalue weighted by molar-refractivity contribution is 5.90. The van der Waals surface area contributed by atoms with Gasteiger partial charge in [-0.25, -0.2) is 9.97 Å². The number of fused-ring (bicyclic) bond motifs is 2. The number of anilines is 4. The first-order valence-corrected chi connectivity index (χ1v) is 17.4. The van der Waals surface area contributed by atoms with Crippen molar-refractivity contribution in [1.29, 1.82) is 0 Å². The van der Waals surface area contributed by atoms with Crippen LogP contribution in [0.1, 0.15) is 22.3 Å². The molecule has 0 radical (unpaired) electrons. The van der Waals surface area contributed by atoms with E-state index in [-0.39, 0.29) is 0 Å². The lowest BCUT2D eigenvalue weighted by atomic mass is 10.2. The van der Waals surface area contributed by atoms with Crippen LogP contribution in [-0.4, -0.2) is 19.9 Å². The summed E-state index contributed by atoms with van der Waals surface area (Å²) in [6.45, 7) is 2.83. The maximum absolute atomic E-state index is 4.70. The topological polar surface area (TPSA) is 99.7 Å². The lowest BCUT2D eigenvalue weighted by Gasteiger charge is -2.12. The molecule has 0 fully saturated rings. The first kappa shape index (κ1) is 33.7. The molecule has 0 spiro atoms. The minimum Gasteiger partial charge on any atom is -0.365 e. The molecule has 0 bridgehead atoms. The first-order valence-electron chi connectivity index (χ1n) is 17.4. The second-order valence-electron chi connectivity index (χ2n) is 12.2. The van der Waals surface area contributed by atoms with E-state index in [1.807, 2.05) is 121 Å². The summed E-state index contributed by atoms with van der Waals surface area (Å²) in [6, 6.07) is 57.3. The predicted octanol–water partition coefficient (Wildman–Crippen LogP) is 9.71. The van der Waals surface area contributed by atoms with Gasteiger partial charge in [0.1, 0.15) is 11.6 Å². The van der Waals surface area contributed by atoms with Crippen LogP contribution in [0.2, 0.25) is 0 Å². The maximum Gasteiger partial charge on any atom is 0.225 e. The van der Waals surface area contributed by atoms with Gasteiger partial charge >= 0.3 is 0 Å². The highest BCUT2D eigenvalue weighted by Gasteiger charge is 2.09. The molecule has 8 nitrogen and oxygen atoms in total. The van der Waals surface area contributed by atoms with Gasteiger partial charge in [-0.05, 0) is 46.5 Å². The quantitative estimate of drug-likeness (QED) is 0.101. The number of benzene rings is 6. The normalized spacial score (nSPS) is 10.6. The monoisotopic (exact) mass is 680 g/mol. The van der Waals surface area contributed by atoms with Crippen LogP contribution in [-0.2, 0) is 26.2 Å². The number of rotatable bonds is 12.